The van der Waals surface area contributed by atoms with Crippen LogP contribution in [0.1, 0.15) is 181 Å². The fourth-order valence-corrected chi connectivity index (χ4v) is 5.61. The minimum Gasteiger partial charge on any atom is -0.462 e. The number of carbonyl (C=O) groups is 3. The highest BCUT2D eigenvalue weighted by Crippen LogP contribution is 2.12. The van der Waals surface area contributed by atoms with E-state index in [-0.39, 0.29) is 37.5 Å². The molecule has 6 nitrogen and oxygen atoms in total. The molecule has 0 fully saturated rings. The number of hydrogen-bond acceptors (Lipinski definition) is 6. The van der Waals surface area contributed by atoms with E-state index >= 15 is 0 Å². The minimum absolute atomic E-state index is 0.105. The minimum atomic E-state index is -0.805. The summed E-state index contributed by atoms with van der Waals surface area (Å²) < 4.78 is 16.6. The molecular formula is C50H80O6. The lowest BCUT2D eigenvalue weighted by Gasteiger charge is -2.18. The third-order valence-corrected chi connectivity index (χ3v) is 8.88. The molecular weight excluding hydrogens is 697 g/mol. The molecule has 0 aromatic rings. The van der Waals surface area contributed by atoms with E-state index in [4.69, 9.17) is 14.2 Å². The van der Waals surface area contributed by atoms with Gasteiger partial charge in [-0.15, -0.1) is 0 Å². The van der Waals surface area contributed by atoms with Crippen LogP contribution in [-0.2, 0) is 28.6 Å². The van der Waals surface area contributed by atoms with Crippen LogP contribution < -0.4 is 0 Å². The molecule has 56 heavy (non-hydrogen) atoms. The average Bonchev–Trinajstić information content (AvgIpc) is 3.19. The van der Waals surface area contributed by atoms with Crippen molar-refractivity contribution in [2.75, 3.05) is 13.2 Å². The molecule has 1 atom stereocenters. The number of rotatable bonds is 38. The number of carbonyl (C=O) groups excluding carboxylic acids is 3. The van der Waals surface area contributed by atoms with Crippen molar-refractivity contribution < 1.29 is 28.6 Å². The van der Waals surface area contributed by atoms with Gasteiger partial charge in [-0.25, -0.2) is 0 Å². The molecule has 0 aliphatic rings. The van der Waals surface area contributed by atoms with Gasteiger partial charge in [0.05, 0.1) is 0 Å². The highest BCUT2D eigenvalue weighted by atomic mass is 16.6. The molecule has 0 rings (SSSR count). The van der Waals surface area contributed by atoms with Crippen LogP contribution in [0.25, 0.3) is 0 Å². The van der Waals surface area contributed by atoms with E-state index < -0.39 is 6.10 Å². The molecule has 0 heterocycles. The molecule has 0 aromatic heterocycles. The van der Waals surface area contributed by atoms with Gasteiger partial charge in [-0.3, -0.25) is 14.4 Å². The maximum absolute atomic E-state index is 12.7. The van der Waals surface area contributed by atoms with Gasteiger partial charge in [-0.2, -0.15) is 0 Å². The monoisotopic (exact) mass is 777 g/mol. The first-order valence-electron chi connectivity index (χ1n) is 22.3. The lowest BCUT2D eigenvalue weighted by molar-refractivity contribution is -0.167. The van der Waals surface area contributed by atoms with Gasteiger partial charge in [0.25, 0.3) is 0 Å². The maximum atomic E-state index is 12.7. The van der Waals surface area contributed by atoms with Gasteiger partial charge in [0.15, 0.2) is 6.10 Å². The van der Waals surface area contributed by atoms with Crippen molar-refractivity contribution in [3.05, 3.63) is 97.2 Å². The number of unbranched alkanes of at least 4 members (excludes halogenated alkanes) is 13. The van der Waals surface area contributed by atoms with Crippen LogP contribution in [0.3, 0.4) is 0 Å². The fraction of sp³-hybridized carbons (Fsp3) is 0.620. The summed E-state index contributed by atoms with van der Waals surface area (Å²) in [7, 11) is 0. The number of ether oxygens (including phenoxy) is 3. The highest BCUT2D eigenvalue weighted by molar-refractivity contribution is 5.71. The van der Waals surface area contributed by atoms with Crippen molar-refractivity contribution >= 4 is 17.9 Å². The van der Waals surface area contributed by atoms with Gasteiger partial charge < -0.3 is 14.2 Å². The Labute approximate surface area is 343 Å². The molecule has 0 radical (unpaired) electrons. The molecule has 0 amide bonds. The molecule has 1 unspecified atom stereocenters. The van der Waals surface area contributed by atoms with Crippen LogP contribution in [0.4, 0.5) is 0 Å². The topological polar surface area (TPSA) is 78.9 Å². The van der Waals surface area contributed by atoms with E-state index in [1.807, 2.05) is 0 Å². The lowest BCUT2D eigenvalue weighted by Crippen LogP contribution is -2.30. The summed E-state index contributed by atoms with van der Waals surface area (Å²) in [5.41, 5.74) is 0. The second-order valence-corrected chi connectivity index (χ2v) is 14.2. The quantitative estimate of drug-likeness (QED) is 0.0204. The Kier molecular flexibility index (Phi) is 41.2. The van der Waals surface area contributed by atoms with Crippen molar-refractivity contribution in [3.63, 3.8) is 0 Å². The molecule has 0 aliphatic heterocycles. The summed E-state index contributed by atoms with van der Waals surface area (Å²) in [6.07, 6.45) is 56.9. The van der Waals surface area contributed by atoms with Crippen LogP contribution in [0.5, 0.6) is 0 Å². The number of esters is 3. The molecule has 0 saturated carbocycles. The van der Waals surface area contributed by atoms with Gasteiger partial charge in [0, 0.05) is 19.3 Å². The summed E-state index contributed by atoms with van der Waals surface area (Å²) >= 11 is 0. The van der Waals surface area contributed by atoms with Crippen molar-refractivity contribution in [1.82, 2.24) is 0 Å². The van der Waals surface area contributed by atoms with Crippen molar-refractivity contribution in [1.29, 1.82) is 0 Å². The van der Waals surface area contributed by atoms with Crippen molar-refractivity contribution in [3.8, 4) is 0 Å². The summed E-state index contributed by atoms with van der Waals surface area (Å²) in [6.45, 7) is 6.18. The van der Waals surface area contributed by atoms with Crippen molar-refractivity contribution in [2.45, 2.75) is 187 Å². The smallest absolute Gasteiger partial charge is 0.306 e. The molecule has 6 heteroatoms. The zero-order valence-electron chi connectivity index (χ0n) is 35.9. The first kappa shape index (κ1) is 52.3. The molecule has 316 valence electrons. The Bertz CT molecular complexity index is 1170. The summed E-state index contributed by atoms with van der Waals surface area (Å²) in [5, 5.41) is 0. The second-order valence-electron chi connectivity index (χ2n) is 14.2. The van der Waals surface area contributed by atoms with Crippen LogP contribution >= 0.6 is 0 Å². The summed E-state index contributed by atoms with van der Waals surface area (Å²) in [4.78, 5) is 37.7. The fourth-order valence-electron chi connectivity index (χ4n) is 5.61. The van der Waals surface area contributed by atoms with Gasteiger partial charge in [0.2, 0.25) is 0 Å². The summed E-state index contributed by atoms with van der Waals surface area (Å²) in [6, 6.07) is 0. The van der Waals surface area contributed by atoms with Crippen molar-refractivity contribution in [2.24, 2.45) is 0 Å². The maximum Gasteiger partial charge on any atom is 0.306 e. The summed E-state index contributed by atoms with van der Waals surface area (Å²) in [5.74, 6) is -0.989. The number of allylic oxidation sites excluding steroid dienone is 16. The van der Waals surface area contributed by atoms with E-state index in [2.05, 4.69) is 118 Å². The average molecular weight is 777 g/mol. The highest BCUT2D eigenvalue weighted by Gasteiger charge is 2.19. The third kappa shape index (κ3) is 41.5. The van der Waals surface area contributed by atoms with Gasteiger partial charge in [0.1, 0.15) is 13.2 Å². The molecule has 0 spiro atoms. The lowest BCUT2D eigenvalue weighted by atomic mass is 10.1. The largest absolute Gasteiger partial charge is 0.462 e. The Morgan fingerprint density at radius 3 is 1.23 bits per heavy atom. The molecule has 0 saturated heterocycles. The van der Waals surface area contributed by atoms with E-state index in [1.165, 1.54) is 25.7 Å². The predicted octanol–water partition coefficient (Wildman–Crippen LogP) is 14.2. The van der Waals surface area contributed by atoms with Crippen LogP contribution in [-0.4, -0.2) is 37.2 Å². The molecule has 0 aromatic carbocycles. The molecule has 0 bridgehead atoms. The first-order chi connectivity index (χ1) is 27.5. The number of hydrogen-bond donors (Lipinski definition) is 0. The normalized spacial score (nSPS) is 13.0. The Morgan fingerprint density at radius 1 is 0.375 bits per heavy atom. The zero-order valence-corrected chi connectivity index (χ0v) is 35.9. The molecule has 0 aliphatic carbocycles. The Hall–Kier alpha value is -3.67. The third-order valence-electron chi connectivity index (χ3n) is 8.88. The van der Waals surface area contributed by atoms with Gasteiger partial charge in [-0.1, -0.05) is 163 Å². The zero-order chi connectivity index (χ0) is 40.8. The molecule has 0 N–H and O–H groups in total. The van der Waals surface area contributed by atoms with E-state index in [9.17, 15) is 14.4 Å². The SMILES string of the molecule is CC\C=C/C=C\C=C/CCCCCCCCCC(=O)OCC(COC(=O)CCCC/C=C\C/C=C\CC)OC(=O)CCCCCC/C=C\C/C=C\C/C=C\CC. The van der Waals surface area contributed by atoms with Gasteiger partial charge in [-0.05, 0) is 96.3 Å². The van der Waals surface area contributed by atoms with E-state index in [0.29, 0.717) is 12.8 Å². The van der Waals surface area contributed by atoms with Crippen LogP contribution in [0.2, 0.25) is 0 Å². The van der Waals surface area contributed by atoms with Crippen LogP contribution in [0.15, 0.2) is 97.2 Å². The van der Waals surface area contributed by atoms with E-state index in [1.54, 1.807) is 0 Å². The van der Waals surface area contributed by atoms with E-state index in [0.717, 1.165) is 116 Å². The Balaban J connectivity index is 4.46. The van der Waals surface area contributed by atoms with Crippen LogP contribution in [0, 0.1) is 0 Å². The van der Waals surface area contributed by atoms with Gasteiger partial charge >= 0.3 is 17.9 Å². The Morgan fingerprint density at radius 2 is 0.732 bits per heavy atom. The first-order valence-corrected chi connectivity index (χ1v) is 22.3. The predicted molar refractivity (Wildman–Crippen MR) is 237 cm³/mol. The standard InChI is InChI=1S/C50H80O6/c1-4-7-10-13-16-19-21-23-25-27-28-31-34-37-40-43-49(52)55-46-47(45-54-48(51)42-39-36-33-30-18-15-12-9-6-3)56-50(53)44-41-38-35-32-29-26-24-22-20-17-14-11-8-5-2/h7-13,16-21,24,26,30,47H,4-6,14-15,22-23,25,27-29,31-46H2,1-3H3/b10-7-,11-8-,12-9-,16-13-,20-17-,21-19-,26-24-,30-18-. The second kappa shape index (κ2) is 44.0.